The van der Waals surface area contributed by atoms with Gasteiger partial charge in [0.25, 0.3) is 5.91 Å². The number of amides is 1. The number of oxime groups is 1. The molecule has 0 spiro atoms. The molecule has 4 heteroatoms. The van der Waals surface area contributed by atoms with E-state index in [0.717, 1.165) is 18.4 Å². The van der Waals surface area contributed by atoms with Crippen LogP contribution < -0.4 is 5.32 Å². The van der Waals surface area contributed by atoms with Gasteiger partial charge in [0.15, 0.2) is 6.10 Å². The summed E-state index contributed by atoms with van der Waals surface area (Å²) in [5.74, 6) is -0.105. The molecule has 1 aromatic rings. The summed E-state index contributed by atoms with van der Waals surface area (Å²) in [5.41, 5.74) is 1.54. The maximum atomic E-state index is 12.0. The molecule has 0 aliphatic carbocycles. The first-order valence-electron chi connectivity index (χ1n) is 6.83. The topological polar surface area (TPSA) is 50.7 Å². The van der Waals surface area contributed by atoms with Crippen LogP contribution >= 0.6 is 0 Å². The lowest BCUT2D eigenvalue weighted by molar-refractivity contribution is -0.115. The molecule has 1 amide bonds. The number of benzene rings is 1. The lowest BCUT2D eigenvalue weighted by Crippen LogP contribution is -2.38. The van der Waals surface area contributed by atoms with Crippen LogP contribution in [0.4, 0.5) is 0 Å². The van der Waals surface area contributed by atoms with Crippen LogP contribution in [0, 0.1) is 0 Å². The van der Waals surface area contributed by atoms with Gasteiger partial charge in [-0.1, -0.05) is 49.3 Å². The van der Waals surface area contributed by atoms with Crippen LogP contribution in [-0.2, 0) is 9.63 Å². The van der Waals surface area contributed by atoms with Crippen molar-refractivity contribution in [1.82, 2.24) is 5.32 Å². The molecule has 4 nitrogen and oxygen atoms in total. The minimum Gasteiger partial charge on any atom is -0.387 e. The van der Waals surface area contributed by atoms with E-state index in [-0.39, 0.29) is 18.1 Å². The number of nitrogens with zero attached hydrogens (tertiary/aromatic N) is 1. The monoisotopic (exact) mass is 260 g/mol. The molecule has 0 fully saturated rings. The van der Waals surface area contributed by atoms with Crippen molar-refractivity contribution in [2.45, 2.75) is 45.3 Å². The summed E-state index contributed by atoms with van der Waals surface area (Å²) in [5, 5.41) is 6.90. The number of hydrogen-bond donors (Lipinski definition) is 1. The van der Waals surface area contributed by atoms with Gasteiger partial charge in [-0.25, -0.2) is 0 Å². The first kappa shape index (κ1) is 13.6. The second-order valence-electron chi connectivity index (χ2n) is 4.73. The van der Waals surface area contributed by atoms with E-state index in [1.807, 2.05) is 30.3 Å². The molecule has 0 saturated carbocycles. The van der Waals surface area contributed by atoms with Gasteiger partial charge in [0.2, 0.25) is 0 Å². The molecule has 0 saturated heterocycles. The molecule has 0 unspecified atom stereocenters. The van der Waals surface area contributed by atoms with Crippen LogP contribution in [0.3, 0.4) is 0 Å². The highest BCUT2D eigenvalue weighted by atomic mass is 16.6. The third-order valence-corrected chi connectivity index (χ3v) is 3.42. The predicted octanol–water partition coefficient (Wildman–Crippen LogP) is 2.81. The number of carbonyl (C=O) groups excluding carboxylic acids is 1. The lowest BCUT2D eigenvalue weighted by atomic mass is 10.0. The van der Waals surface area contributed by atoms with Gasteiger partial charge in [-0.05, 0) is 18.4 Å². The second kappa shape index (κ2) is 6.36. The zero-order valence-corrected chi connectivity index (χ0v) is 11.4. The van der Waals surface area contributed by atoms with Crippen molar-refractivity contribution in [1.29, 1.82) is 0 Å². The Morgan fingerprint density at radius 2 is 2.05 bits per heavy atom. The highest BCUT2D eigenvalue weighted by Gasteiger charge is 2.27. The fraction of sp³-hybridized carbons (Fsp3) is 0.467. The van der Waals surface area contributed by atoms with Crippen molar-refractivity contribution in [3.8, 4) is 0 Å². The molecule has 19 heavy (non-hydrogen) atoms. The summed E-state index contributed by atoms with van der Waals surface area (Å²) in [6.07, 6.45) is 2.26. The molecule has 1 heterocycles. The Kier molecular flexibility index (Phi) is 4.55. The largest absolute Gasteiger partial charge is 0.387 e. The Morgan fingerprint density at radius 1 is 1.37 bits per heavy atom. The van der Waals surface area contributed by atoms with Crippen LogP contribution in [0.25, 0.3) is 0 Å². The molecule has 102 valence electrons. The quantitative estimate of drug-likeness (QED) is 0.885. The van der Waals surface area contributed by atoms with E-state index in [0.29, 0.717) is 12.1 Å². The molecule has 1 N–H and O–H groups in total. The summed E-state index contributed by atoms with van der Waals surface area (Å²) in [6.45, 7) is 4.13. The summed E-state index contributed by atoms with van der Waals surface area (Å²) in [6, 6.07) is 10.1. The van der Waals surface area contributed by atoms with Crippen LogP contribution in [0.1, 0.15) is 44.8 Å². The lowest BCUT2D eigenvalue weighted by Gasteiger charge is -2.14. The third-order valence-electron chi connectivity index (χ3n) is 3.42. The van der Waals surface area contributed by atoms with Crippen molar-refractivity contribution in [2.75, 3.05) is 0 Å². The van der Waals surface area contributed by atoms with Crippen molar-refractivity contribution >= 4 is 11.6 Å². The Bertz CT molecular complexity index is 452. The summed E-state index contributed by atoms with van der Waals surface area (Å²) in [4.78, 5) is 17.4. The highest BCUT2D eigenvalue weighted by Crippen LogP contribution is 2.26. The predicted molar refractivity (Wildman–Crippen MR) is 74.8 cm³/mol. The molecule has 1 aliphatic heterocycles. The van der Waals surface area contributed by atoms with E-state index in [9.17, 15) is 4.79 Å². The number of rotatable bonds is 5. The molecule has 0 aromatic heterocycles. The van der Waals surface area contributed by atoms with Gasteiger partial charge in [-0.3, -0.25) is 4.79 Å². The van der Waals surface area contributed by atoms with Gasteiger partial charge in [-0.2, -0.15) is 0 Å². The summed E-state index contributed by atoms with van der Waals surface area (Å²) in [7, 11) is 0. The van der Waals surface area contributed by atoms with Gasteiger partial charge >= 0.3 is 0 Å². The van der Waals surface area contributed by atoms with Crippen molar-refractivity contribution < 1.29 is 9.63 Å². The van der Waals surface area contributed by atoms with Gasteiger partial charge < -0.3 is 10.2 Å². The molecule has 1 aliphatic rings. The Morgan fingerprint density at radius 3 is 2.68 bits per heavy atom. The Labute approximate surface area is 113 Å². The normalized spacial score (nSPS) is 18.1. The van der Waals surface area contributed by atoms with E-state index in [1.54, 1.807) is 0 Å². The molecular formula is C15H20N2O2. The highest BCUT2D eigenvalue weighted by molar-refractivity contribution is 6.39. The molecule has 2 rings (SSSR count). The standard InChI is InChI=1S/C15H20N2O2/c1-3-12(4-2)16-15(18)13-10-14(19-17-13)11-8-6-5-7-9-11/h5-9,12,14H,3-4,10H2,1-2H3,(H,16,18)/t14-/m0/s1. The van der Waals surface area contributed by atoms with Crippen molar-refractivity contribution in [3.63, 3.8) is 0 Å². The van der Waals surface area contributed by atoms with Gasteiger partial charge in [0.05, 0.1) is 0 Å². The average Bonchev–Trinajstić information content (AvgIpc) is 2.95. The zero-order valence-electron chi connectivity index (χ0n) is 11.4. The third kappa shape index (κ3) is 3.34. The Balaban J connectivity index is 1.93. The second-order valence-corrected chi connectivity index (χ2v) is 4.73. The zero-order chi connectivity index (χ0) is 13.7. The van der Waals surface area contributed by atoms with Crippen LogP contribution in [0.5, 0.6) is 0 Å². The Hall–Kier alpha value is -1.84. The molecule has 0 radical (unpaired) electrons. The SMILES string of the molecule is CCC(CC)NC(=O)C1=NO[C@H](c2ccccc2)C1. The first-order valence-corrected chi connectivity index (χ1v) is 6.83. The summed E-state index contributed by atoms with van der Waals surface area (Å²) >= 11 is 0. The number of hydrogen-bond acceptors (Lipinski definition) is 3. The molecule has 1 atom stereocenters. The minimum absolute atomic E-state index is 0.105. The van der Waals surface area contributed by atoms with Gasteiger partial charge in [0.1, 0.15) is 5.71 Å². The molecule has 1 aromatic carbocycles. The first-order chi connectivity index (χ1) is 9.24. The van der Waals surface area contributed by atoms with E-state index in [2.05, 4.69) is 24.3 Å². The van der Waals surface area contributed by atoms with Crippen molar-refractivity contribution in [3.05, 3.63) is 35.9 Å². The fourth-order valence-electron chi connectivity index (χ4n) is 2.12. The van der Waals surface area contributed by atoms with Gasteiger partial charge in [-0.15, -0.1) is 0 Å². The van der Waals surface area contributed by atoms with Gasteiger partial charge in [0, 0.05) is 12.5 Å². The number of nitrogens with one attached hydrogen (secondary N) is 1. The average molecular weight is 260 g/mol. The molecule has 0 bridgehead atoms. The van der Waals surface area contributed by atoms with E-state index in [1.165, 1.54) is 0 Å². The molecular weight excluding hydrogens is 240 g/mol. The maximum absolute atomic E-state index is 12.0. The van der Waals surface area contributed by atoms with Crippen LogP contribution in [-0.4, -0.2) is 17.7 Å². The maximum Gasteiger partial charge on any atom is 0.269 e. The van der Waals surface area contributed by atoms with E-state index < -0.39 is 0 Å². The smallest absolute Gasteiger partial charge is 0.269 e. The van der Waals surface area contributed by atoms with Crippen LogP contribution in [0.2, 0.25) is 0 Å². The van der Waals surface area contributed by atoms with Crippen LogP contribution in [0.15, 0.2) is 35.5 Å². The van der Waals surface area contributed by atoms with Crippen molar-refractivity contribution in [2.24, 2.45) is 5.16 Å². The number of carbonyl (C=O) groups is 1. The van der Waals surface area contributed by atoms with E-state index >= 15 is 0 Å². The summed E-state index contributed by atoms with van der Waals surface area (Å²) < 4.78 is 0. The minimum atomic E-state index is -0.136. The van der Waals surface area contributed by atoms with E-state index in [4.69, 9.17) is 4.84 Å². The fourth-order valence-corrected chi connectivity index (χ4v) is 2.12.